The van der Waals surface area contributed by atoms with Crippen LogP contribution in [0.2, 0.25) is 0 Å². The molecule has 1 aliphatic rings. The second-order valence-electron chi connectivity index (χ2n) is 5.05. The Morgan fingerprint density at radius 1 is 1.59 bits per heavy atom. The van der Waals surface area contributed by atoms with Gasteiger partial charge in [-0.15, -0.1) is 0 Å². The van der Waals surface area contributed by atoms with Crippen molar-refractivity contribution in [3.05, 3.63) is 0 Å². The number of aliphatic hydroxyl groups excluding tert-OH is 2. The molecule has 1 unspecified atom stereocenters. The van der Waals surface area contributed by atoms with E-state index in [-0.39, 0.29) is 18.6 Å². The van der Waals surface area contributed by atoms with Crippen LogP contribution in [0.1, 0.15) is 27.2 Å². The molecule has 1 atom stereocenters. The Morgan fingerprint density at radius 2 is 2.24 bits per heavy atom. The van der Waals surface area contributed by atoms with Crippen molar-refractivity contribution in [1.29, 1.82) is 0 Å². The first-order valence-electron chi connectivity index (χ1n) is 5.74. The molecule has 0 aromatic rings. The Balaban J connectivity index is 2.58. The number of β-amino-alcohol motifs (C(OH)–C–C–N with tert-alkyl or cyclic N) is 1. The summed E-state index contributed by atoms with van der Waals surface area (Å²) in [5.74, 6) is -0.122. The molecule has 0 aromatic carbocycles. The van der Waals surface area contributed by atoms with Gasteiger partial charge in [-0.3, -0.25) is 4.79 Å². The molecule has 0 aliphatic carbocycles. The van der Waals surface area contributed by atoms with Crippen LogP contribution in [0, 0.1) is 0 Å². The lowest BCUT2D eigenvalue weighted by molar-refractivity contribution is -0.507. The van der Waals surface area contributed by atoms with Crippen molar-refractivity contribution in [3.8, 4) is 0 Å². The molecule has 0 aromatic heterocycles. The van der Waals surface area contributed by atoms with E-state index in [1.165, 1.54) is 0 Å². The number of amides is 1. The lowest BCUT2D eigenvalue weighted by Gasteiger charge is -2.16. The number of carbonyl (C=O) groups is 1. The second-order valence-corrected chi connectivity index (χ2v) is 5.05. The van der Waals surface area contributed by atoms with Crippen molar-refractivity contribution in [3.63, 3.8) is 0 Å². The van der Waals surface area contributed by atoms with Crippen molar-refractivity contribution in [1.82, 2.24) is 4.90 Å². The van der Waals surface area contributed by atoms with Crippen molar-refractivity contribution in [2.45, 2.75) is 38.8 Å². The van der Waals surface area contributed by atoms with E-state index in [1.54, 1.807) is 25.7 Å². The number of hydrogen-bond acceptors (Lipinski definition) is 3. The summed E-state index contributed by atoms with van der Waals surface area (Å²) in [6, 6.07) is -0.469. The van der Waals surface area contributed by atoms with Crippen LogP contribution in [-0.4, -0.2) is 58.4 Å². The van der Waals surface area contributed by atoms with Crippen LogP contribution in [0.25, 0.3) is 0 Å². The van der Waals surface area contributed by atoms with E-state index in [1.807, 2.05) is 0 Å². The summed E-state index contributed by atoms with van der Waals surface area (Å²) in [7, 11) is 0. The van der Waals surface area contributed by atoms with Crippen LogP contribution in [0.3, 0.4) is 0 Å². The van der Waals surface area contributed by atoms with Gasteiger partial charge in [-0.05, 0) is 20.8 Å². The fourth-order valence-corrected chi connectivity index (χ4v) is 1.68. The van der Waals surface area contributed by atoms with Gasteiger partial charge in [-0.1, -0.05) is 0 Å². The van der Waals surface area contributed by atoms with Crippen LogP contribution in [0.4, 0.5) is 0 Å². The standard InChI is InChI=1S/C11H20N2O4/c1-11(2,3)17-10(16)12-8-4-5-13(6-7-14)9(8)15/h8,14H,4-7H2,1-3H3,(H,12,16)/p+1. The predicted octanol–water partition coefficient (Wildman–Crippen LogP) is -1.61. The molecule has 0 spiro atoms. The maximum absolute atomic E-state index is 11.8. The zero-order chi connectivity index (χ0) is 13.1. The summed E-state index contributed by atoms with van der Waals surface area (Å²) in [6.45, 7) is 6.28. The maximum Gasteiger partial charge on any atom is 0.546 e. The van der Waals surface area contributed by atoms with Crippen molar-refractivity contribution >= 4 is 12.0 Å². The number of aliphatic hydroxyl groups is 2. The smallest absolute Gasteiger partial charge is 0.430 e. The van der Waals surface area contributed by atoms with Crippen LogP contribution in [-0.2, 0) is 9.53 Å². The summed E-state index contributed by atoms with van der Waals surface area (Å²) in [5, 5.41) is 18.3. The van der Waals surface area contributed by atoms with E-state index in [4.69, 9.17) is 9.84 Å². The van der Waals surface area contributed by atoms with Crippen molar-refractivity contribution < 1.29 is 24.7 Å². The molecule has 6 nitrogen and oxygen atoms in total. The van der Waals surface area contributed by atoms with E-state index in [0.29, 0.717) is 19.5 Å². The highest BCUT2D eigenvalue weighted by Crippen LogP contribution is 2.07. The molecular formula is C11H21N2O4+. The number of nitrogens with one attached hydrogen (secondary N) is 1. The topological polar surface area (TPSA) is 84.0 Å². The molecule has 1 fully saturated rings. The highest BCUT2D eigenvalue weighted by Gasteiger charge is 2.36. The van der Waals surface area contributed by atoms with Crippen LogP contribution < -0.4 is 4.99 Å². The average molecular weight is 245 g/mol. The van der Waals surface area contributed by atoms with Crippen molar-refractivity contribution in [2.24, 2.45) is 0 Å². The predicted molar refractivity (Wildman–Crippen MR) is 61.5 cm³/mol. The SMILES string of the molecule is CC(C)(C)OC(O)=[NH+]C1CCN(CCO)C1=O. The van der Waals surface area contributed by atoms with Gasteiger partial charge in [-0.2, -0.15) is 4.99 Å². The van der Waals surface area contributed by atoms with Gasteiger partial charge in [0.25, 0.3) is 5.91 Å². The Labute approximate surface area is 101 Å². The summed E-state index contributed by atoms with van der Waals surface area (Å²) in [5.41, 5.74) is -0.510. The van der Waals surface area contributed by atoms with Gasteiger partial charge in [0.1, 0.15) is 5.60 Å². The minimum absolute atomic E-state index is 0.0490. The molecule has 17 heavy (non-hydrogen) atoms. The molecule has 6 heteroatoms. The van der Waals surface area contributed by atoms with E-state index in [2.05, 4.69) is 4.99 Å². The van der Waals surface area contributed by atoms with Gasteiger partial charge in [-0.25, -0.2) is 0 Å². The first kappa shape index (κ1) is 13.8. The summed E-state index contributed by atoms with van der Waals surface area (Å²) >= 11 is 0. The number of nitrogens with zero attached hydrogens (tertiary/aromatic N) is 1. The number of rotatable bonds is 3. The maximum atomic E-state index is 11.8. The number of carbonyl (C=O) groups excluding carboxylic acids is 1. The molecule has 1 saturated heterocycles. The molecule has 1 amide bonds. The highest BCUT2D eigenvalue weighted by molar-refractivity contribution is 5.82. The molecule has 98 valence electrons. The highest BCUT2D eigenvalue weighted by atomic mass is 16.6. The van der Waals surface area contributed by atoms with E-state index in [9.17, 15) is 9.90 Å². The third-order valence-corrected chi connectivity index (χ3v) is 2.37. The number of hydrogen-bond donors (Lipinski definition) is 3. The number of ether oxygens (including phenoxy) is 1. The lowest BCUT2D eigenvalue weighted by atomic mass is 10.2. The molecule has 3 N–H and O–H groups in total. The van der Waals surface area contributed by atoms with E-state index >= 15 is 0 Å². The molecule has 0 saturated carbocycles. The zero-order valence-corrected chi connectivity index (χ0v) is 10.6. The monoisotopic (exact) mass is 245 g/mol. The third kappa shape index (κ3) is 4.22. The van der Waals surface area contributed by atoms with Crippen LogP contribution >= 0.6 is 0 Å². The van der Waals surface area contributed by atoms with E-state index < -0.39 is 11.6 Å². The Hall–Kier alpha value is -1.30. The van der Waals surface area contributed by atoms with Crippen LogP contribution in [0.15, 0.2) is 0 Å². The zero-order valence-electron chi connectivity index (χ0n) is 10.6. The Kier molecular flexibility index (Phi) is 4.34. The van der Waals surface area contributed by atoms with Gasteiger partial charge in [0, 0.05) is 19.5 Å². The van der Waals surface area contributed by atoms with Gasteiger partial charge in [0.2, 0.25) is 6.04 Å². The normalized spacial score (nSPS) is 22.1. The first-order chi connectivity index (χ1) is 7.83. The number of likely N-dealkylation sites (tertiary alicyclic amines) is 1. The Morgan fingerprint density at radius 3 is 2.76 bits per heavy atom. The van der Waals surface area contributed by atoms with Crippen molar-refractivity contribution in [2.75, 3.05) is 19.7 Å². The fraction of sp³-hybridized carbons (Fsp3) is 0.818. The second kappa shape index (κ2) is 5.35. The summed E-state index contributed by atoms with van der Waals surface area (Å²) in [4.78, 5) is 16.0. The molecule has 0 radical (unpaired) electrons. The van der Waals surface area contributed by atoms with Gasteiger partial charge in [0.05, 0.1) is 6.61 Å². The molecule has 1 aliphatic heterocycles. The molecular weight excluding hydrogens is 224 g/mol. The van der Waals surface area contributed by atoms with Gasteiger partial charge in [0.15, 0.2) is 0 Å². The summed E-state index contributed by atoms with van der Waals surface area (Å²) < 4.78 is 5.18. The van der Waals surface area contributed by atoms with Crippen LogP contribution in [0.5, 0.6) is 0 Å². The fourth-order valence-electron chi connectivity index (χ4n) is 1.68. The first-order valence-corrected chi connectivity index (χ1v) is 5.74. The quantitative estimate of drug-likeness (QED) is 0.412. The molecule has 1 rings (SSSR count). The van der Waals surface area contributed by atoms with E-state index in [0.717, 1.165) is 0 Å². The lowest BCUT2D eigenvalue weighted by Crippen LogP contribution is -2.82. The largest absolute Gasteiger partial charge is 0.546 e. The average Bonchev–Trinajstić information content (AvgIpc) is 2.47. The summed E-state index contributed by atoms with van der Waals surface area (Å²) in [6.07, 6.45) is 0.262. The van der Waals surface area contributed by atoms with Gasteiger partial charge < -0.3 is 19.8 Å². The Bertz CT molecular complexity index is 309. The minimum Gasteiger partial charge on any atom is -0.430 e. The molecule has 0 bridgehead atoms. The molecule has 1 heterocycles. The van der Waals surface area contributed by atoms with Gasteiger partial charge >= 0.3 is 6.08 Å². The minimum atomic E-state index is -0.510. The third-order valence-electron chi connectivity index (χ3n) is 2.37.